The van der Waals surface area contributed by atoms with Gasteiger partial charge in [0, 0.05) is 5.54 Å². The highest BCUT2D eigenvalue weighted by Gasteiger charge is 2.24. The minimum atomic E-state index is -0.356. The normalized spacial score (nSPS) is 15.1. The summed E-state index contributed by atoms with van der Waals surface area (Å²) in [4.78, 5) is 0. The second-order valence-electron chi connectivity index (χ2n) is 4.92. The zero-order valence-corrected chi connectivity index (χ0v) is 10.4. The Labute approximate surface area is 96.5 Å². The van der Waals surface area contributed by atoms with Crippen molar-refractivity contribution < 1.29 is 9.47 Å². The van der Waals surface area contributed by atoms with Crippen LogP contribution in [0.1, 0.15) is 30.5 Å². The van der Waals surface area contributed by atoms with Gasteiger partial charge in [-0.05, 0) is 50.5 Å². The van der Waals surface area contributed by atoms with Crippen molar-refractivity contribution in [3.8, 4) is 11.5 Å². The molecule has 88 valence electrons. The van der Waals surface area contributed by atoms with Crippen LogP contribution in [0.4, 0.5) is 0 Å². The Morgan fingerprint density at radius 1 is 1.12 bits per heavy atom. The Morgan fingerprint density at radius 3 is 2.38 bits per heavy atom. The highest BCUT2D eigenvalue weighted by Crippen LogP contribution is 2.39. The fraction of sp³-hybridized carbons (Fsp3) is 0.538. The first-order valence-electron chi connectivity index (χ1n) is 5.60. The molecule has 1 aromatic carbocycles. The molecule has 0 saturated carbocycles. The van der Waals surface area contributed by atoms with Crippen molar-refractivity contribution in [3.05, 3.63) is 22.8 Å². The van der Waals surface area contributed by atoms with Crippen LogP contribution in [0, 0.1) is 13.8 Å². The Hall–Kier alpha value is -1.22. The van der Waals surface area contributed by atoms with Crippen LogP contribution >= 0.6 is 0 Å². The molecule has 0 radical (unpaired) electrons. The van der Waals surface area contributed by atoms with E-state index in [1.807, 2.05) is 19.9 Å². The number of ether oxygens (including phenoxy) is 2. The summed E-state index contributed by atoms with van der Waals surface area (Å²) in [7, 11) is 0. The van der Waals surface area contributed by atoms with Crippen LogP contribution in [0.2, 0.25) is 0 Å². The van der Waals surface area contributed by atoms with Gasteiger partial charge in [0.05, 0.1) is 0 Å². The molecule has 0 bridgehead atoms. The van der Waals surface area contributed by atoms with E-state index in [1.54, 1.807) is 0 Å². The van der Waals surface area contributed by atoms with Crippen LogP contribution < -0.4 is 15.2 Å². The van der Waals surface area contributed by atoms with E-state index >= 15 is 0 Å². The number of nitrogens with two attached hydrogens (primary N) is 1. The zero-order valence-electron chi connectivity index (χ0n) is 10.4. The Morgan fingerprint density at radius 2 is 1.75 bits per heavy atom. The van der Waals surface area contributed by atoms with Gasteiger partial charge in [0.2, 0.25) is 0 Å². The highest BCUT2D eigenvalue weighted by atomic mass is 16.6. The van der Waals surface area contributed by atoms with Gasteiger partial charge in [-0.15, -0.1) is 0 Å². The van der Waals surface area contributed by atoms with Gasteiger partial charge in [-0.1, -0.05) is 0 Å². The molecule has 16 heavy (non-hydrogen) atoms. The first-order chi connectivity index (χ1) is 7.41. The summed E-state index contributed by atoms with van der Waals surface area (Å²) >= 11 is 0. The van der Waals surface area contributed by atoms with Crippen molar-refractivity contribution in [2.75, 3.05) is 13.2 Å². The fourth-order valence-corrected chi connectivity index (χ4v) is 2.11. The maximum atomic E-state index is 6.16. The van der Waals surface area contributed by atoms with Crippen molar-refractivity contribution in [2.45, 2.75) is 33.2 Å². The summed E-state index contributed by atoms with van der Waals surface area (Å²) in [5.74, 6) is 1.69. The molecule has 1 aliphatic rings. The summed E-state index contributed by atoms with van der Waals surface area (Å²) in [6.45, 7) is 9.38. The van der Waals surface area contributed by atoms with Crippen LogP contribution in [-0.2, 0) is 5.54 Å². The van der Waals surface area contributed by atoms with Crippen LogP contribution in [0.15, 0.2) is 6.07 Å². The van der Waals surface area contributed by atoms with E-state index in [4.69, 9.17) is 15.2 Å². The summed E-state index contributed by atoms with van der Waals surface area (Å²) in [6.07, 6.45) is 0. The van der Waals surface area contributed by atoms with Crippen molar-refractivity contribution in [3.63, 3.8) is 0 Å². The van der Waals surface area contributed by atoms with E-state index < -0.39 is 0 Å². The third-order valence-electron chi connectivity index (χ3n) is 3.09. The van der Waals surface area contributed by atoms with Crippen LogP contribution in [-0.4, -0.2) is 13.2 Å². The van der Waals surface area contributed by atoms with Crippen molar-refractivity contribution in [2.24, 2.45) is 5.73 Å². The molecular weight excluding hydrogens is 202 g/mol. The summed E-state index contributed by atoms with van der Waals surface area (Å²) in [5.41, 5.74) is 9.25. The van der Waals surface area contributed by atoms with Crippen molar-refractivity contribution in [1.29, 1.82) is 0 Å². The van der Waals surface area contributed by atoms with Gasteiger partial charge in [-0.2, -0.15) is 0 Å². The largest absolute Gasteiger partial charge is 0.486 e. The average Bonchev–Trinajstić information content (AvgIpc) is 2.22. The van der Waals surface area contributed by atoms with Crippen molar-refractivity contribution in [1.82, 2.24) is 0 Å². The number of hydrogen-bond donors (Lipinski definition) is 1. The van der Waals surface area contributed by atoms with Gasteiger partial charge >= 0.3 is 0 Å². The minimum Gasteiger partial charge on any atom is -0.486 e. The van der Waals surface area contributed by atoms with Crippen LogP contribution in [0.25, 0.3) is 0 Å². The van der Waals surface area contributed by atoms with Gasteiger partial charge in [0.1, 0.15) is 13.2 Å². The fourth-order valence-electron chi connectivity index (χ4n) is 2.11. The molecule has 0 amide bonds. The maximum Gasteiger partial charge on any atom is 0.164 e. The number of rotatable bonds is 1. The number of hydrogen-bond acceptors (Lipinski definition) is 3. The predicted molar refractivity (Wildman–Crippen MR) is 64.1 cm³/mol. The molecular formula is C13H19NO2. The summed E-state index contributed by atoms with van der Waals surface area (Å²) in [6, 6.07) is 2.01. The first kappa shape index (κ1) is 11.3. The molecule has 0 fully saturated rings. The topological polar surface area (TPSA) is 44.5 Å². The first-order valence-corrected chi connectivity index (χ1v) is 5.60. The molecule has 3 nitrogen and oxygen atoms in total. The number of fused-ring (bicyclic) bond motifs is 1. The molecule has 1 heterocycles. The minimum absolute atomic E-state index is 0.356. The molecule has 1 aromatic rings. The average molecular weight is 221 g/mol. The summed E-state index contributed by atoms with van der Waals surface area (Å²) in [5, 5.41) is 0. The Balaban J connectivity index is 2.62. The molecule has 1 aliphatic heterocycles. The van der Waals surface area contributed by atoms with Gasteiger partial charge in [-0.25, -0.2) is 0 Å². The Bertz CT molecular complexity index is 419. The molecule has 0 aromatic heterocycles. The second kappa shape index (κ2) is 3.67. The van der Waals surface area contributed by atoms with Gasteiger partial charge in [0.25, 0.3) is 0 Å². The molecule has 0 unspecified atom stereocenters. The maximum absolute atomic E-state index is 6.16. The van der Waals surface area contributed by atoms with Crippen LogP contribution in [0.3, 0.4) is 0 Å². The quantitative estimate of drug-likeness (QED) is 0.791. The van der Waals surface area contributed by atoms with Crippen LogP contribution in [0.5, 0.6) is 11.5 Å². The molecule has 0 saturated heterocycles. The van der Waals surface area contributed by atoms with Crippen molar-refractivity contribution >= 4 is 0 Å². The molecule has 0 aliphatic carbocycles. The third-order valence-corrected chi connectivity index (χ3v) is 3.09. The van der Waals surface area contributed by atoms with E-state index in [2.05, 4.69) is 13.8 Å². The standard InChI is InChI=1S/C13H19NO2/c1-8-9(2)12-11(15-5-6-16-12)7-10(8)13(3,4)14/h7H,5-6,14H2,1-4H3. The zero-order chi connectivity index (χ0) is 11.9. The molecule has 0 spiro atoms. The second-order valence-corrected chi connectivity index (χ2v) is 4.92. The molecule has 0 atom stereocenters. The lowest BCUT2D eigenvalue weighted by Crippen LogP contribution is -2.30. The molecule has 3 heteroatoms. The third kappa shape index (κ3) is 1.76. The van der Waals surface area contributed by atoms with E-state index in [1.165, 1.54) is 5.56 Å². The molecule has 2 rings (SSSR count). The smallest absolute Gasteiger partial charge is 0.164 e. The number of benzene rings is 1. The van der Waals surface area contributed by atoms with E-state index in [-0.39, 0.29) is 5.54 Å². The SMILES string of the molecule is Cc1c(C(C)(C)N)cc2c(c1C)OCCO2. The van der Waals surface area contributed by atoms with Gasteiger partial charge in [0.15, 0.2) is 11.5 Å². The van der Waals surface area contributed by atoms with E-state index in [9.17, 15) is 0 Å². The summed E-state index contributed by atoms with van der Waals surface area (Å²) < 4.78 is 11.3. The van der Waals surface area contributed by atoms with E-state index in [0.717, 1.165) is 22.6 Å². The predicted octanol–water partition coefficient (Wildman–Crippen LogP) is 2.27. The highest BCUT2D eigenvalue weighted by molar-refractivity contribution is 5.55. The lowest BCUT2D eigenvalue weighted by atomic mass is 9.88. The molecule has 2 N–H and O–H groups in total. The lowest BCUT2D eigenvalue weighted by Gasteiger charge is -2.28. The monoisotopic (exact) mass is 221 g/mol. The van der Waals surface area contributed by atoms with E-state index in [0.29, 0.717) is 13.2 Å². The van der Waals surface area contributed by atoms with Gasteiger partial charge < -0.3 is 15.2 Å². The lowest BCUT2D eigenvalue weighted by molar-refractivity contribution is 0.170. The Kier molecular flexibility index (Phi) is 2.58. The van der Waals surface area contributed by atoms with Gasteiger partial charge in [-0.3, -0.25) is 0 Å².